The Morgan fingerprint density at radius 1 is 1.10 bits per heavy atom. The molecule has 2 aromatic heterocycles. The average Bonchev–Trinajstić information content (AvgIpc) is 2.68. The van der Waals surface area contributed by atoms with Crippen molar-refractivity contribution in [3.63, 3.8) is 0 Å². The van der Waals surface area contributed by atoms with Gasteiger partial charge >= 0.3 is 0 Å². The van der Waals surface area contributed by atoms with Crippen LogP contribution < -0.4 is 15.2 Å². The van der Waals surface area contributed by atoms with E-state index in [0.717, 1.165) is 5.69 Å². The van der Waals surface area contributed by atoms with E-state index in [-0.39, 0.29) is 5.75 Å². The summed E-state index contributed by atoms with van der Waals surface area (Å²) in [5.41, 5.74) is 1.32. The zero-order chi connectivity index (χ0) is 20.9. The van der Waals surface area contributed by atoms with E-state index < -0.39 is 10.0 Å². The largest absolute Gasteiger partial charge is 0.439 e. The minimum absolute atomic E-state index is 0.235. The first-order valence-electron chi connectivity index (χ1n) is 8.60. The lowest BCUT2D eigenvalue weighted by atomic mass is 10.2. The fourth-order valence-corrected chi connectivity index (χ4v) is 3.23. The summed E-state index contributed by atoms with van der Waals surface area (Å²) in [6, 6.07) is 8.32. The van der Waals surface area contributed by atoms with Crippen molar-refractivity contribution in [2.75, 3.05) is 12.4 Å². The molecule has 29 heavy (non-hydrogen) atoms. The SMILES string of the molecule is CNc1nc(CCc2ncc(Cl)cn2)cc(Oc2ccc(CS(N)(=O)=O)cc2)n1. The van der Waals surface area contributed by atoms with Crippen LogP contribution in [0.2, 0.25) is 5.02 Å². The van der Waals surface area contributed by atoms with Gasteiger partial charge < -0.3 is 10.1 Å². The maximum Gasteiger partial charge on any atom is 0.225 e. The number of halogens is 1. The monoisotopic (exact) mass is 434 g/mol. The molecule has 0 aliphatic carbocycles. The molecule has 1 aromatic carbocycles. The van der Waals surface area contributed by atoms with Gasteiger partial charge in [0, 0.05) is 31.9 Å². The van der Waals surface area contributed by atoms with Gasteiger partial charge in [0.25, 0.3) is 0 Å². The maximum absolute atomic E-state index is 11.2. The number of nitrogens with one attached hydrogen (secondary N) is 1. The number of nitrogens with zero attached hydrogens (tertiary/aromatic N) is 4. The van der Waals surface area contributed by atoms with Crippen molar-refractivity contribution in [2.45, 2.75) is 18.6 Å². The molecule has 11 heteroatoms. The van der Waals surface area contributed by atoms with Crippen molar-refractivity contribution < 1.29 is 13.2 Å². The second-order valence-electron chi connectivity index (χ2n) is 6.14. The van der Waals surface area contributed by atoms with Crippen LogP contribution in [0.1, 0.15) is 17.1 Å². The zero-order valence-electron chi connectivity index (χ0n) is 15.5. The van der Waals surface area contributed by atoms with Crippen molar-refractivity contribution in [1.29, 1.82) is 0 Å². The van der Waals surface area contributed by atoms with Gasteiger partial charge in [-0.05, 0) is 24.1 Å². The molecule has 0 fully saturated rings. The third kappa shape index (κ3) is 6.63. The summed E-state index contributed by atoms with van der Waals surface area (Å²) in [6.07, 6.45) is 4.27. The standard InChI is InChI=1S/C18H19ClN6O3S/c1-21-18-24-14(4-7-16-22-9-13(19)10-23-16)8-17(25-18)28-15-5-2-12(3-6-15)11-29(20,26)27/h2-3,5-6,8-10H,4,7,11H2,1H3,(H2,20,26,27)(H,21,24,25). The number of hydrogen-bond donors (Lipinski definition) is 2. The van der Waals surface area contributed by atoms with E-state index in [4.69, 9.17) is 21.5 Å². The van der Waals surface area contributed by atoms with Crippen molar-refractivity contribution in [1.82, 2.24) is 19.9 Å². The molecule has 2 heterocycles. The molecular formula is C18H19ClN6O3S. The first-order chi connectivity index (χ1) is 13.8. The molecule has 9 nitrogen and oxygen atoms in total. The lowest BCUT2D eigenvalue weighted by Gasteiger charge is -2.09. The van der Waals surface area contributed by atoms with Crippen molar-refractivity contribution in [2.24, 2.45) is 5.14 Å². The van der Waals surface area contributed by atoms with Crippen LogP contribution in [0.4, 0.5) is 5.95 Å². The van der Waals surface area contributed by atoms with E-state index in [1.165, 1.54) is 0 Å². The van der Waals surface area contributed by atoms with E-state index in [0.29, 0.717) is 46.8 Å². The summed E-state index contributed by atoms with van der Waals surface area (Å²) in [5.74, 6) is 1.71. The second-order valence-corrected chi connectivity index (χ2v) is 8.19. The van der Waals surface area contributed by atoms with Gasteiger partial charge in [0.1, 0.15) is 11.6 Å². The molecule has 3 aromatic rings. The summed E-state index contributed by atoms with van der Waals surface area (Å²) in [6.45, 7) is 0. The molecule has 0 aliphatic rings. The predicted octanol–water partition coefficient (Wildman–Crippen LogP) is 2.33. The van der Waals surface area contributed by atoms with Crippen LogP contribution in [0.25, 0.3) is 0 Å². The third-order valence-electron chi connectivity index (χ3n) is 3.77. The fraction of sp³-hybridized carbons (Fsp3) is 0.222. The molecule has 0 bridgehead atoms. The molecule has 0 unspecified atom stereocenters. The highest BCUT2D eigenvalue weighted by Crippen LogP contribution is 2.22. The molecule has 0 aliphatic heterocycles. The molecule has 0 atom stereocenters. The van der Waals surface area contributed by atoms with E-state index in [2.05, 4.69) is 25.3 Å². The number of anilines is 1. The van der Waals surface area contributed by atoms with Gasteiger partial charge in [-0.25, -0.2) is 28.5 Å². The summed E-state index contributed by atoms with van der Waals surface area (Å²) in [7, 11) is -1.87. The number of rotatable bonds is 8. The van der Waals surface area contributed by atoms with Crippen LogP contribution in [0.3, 0.4) is 0 Å². The van der Waals surface area contributed by atoms with Gasteiger partial charge in [-0.1, -0.05) is 23.7 Å². The lowest BCUT2D eigenvalue weighted by Crippen LogP contribution is -2.14. The van der Waals surface area contributed by atoms with Gasteiger partial charge in [-0.2, -0.15) is 4.98 Å². The molecule has 0 amide bonds. The number of nitrogens with two attached hydrogens (primary N) is 1. The highest BCUT2D eigenvalue weighted by atomic mass is 35.5. The molecular weight excluding hydrogens is 416 g/mol. The first-order valence-corrected chi connectivity index (χ1v) is 10.7. The van der Waals surface area contributed by atoms with Crippen LogP contribution in [0.5, 0.6) is 11.6 Å². The molecule has 3 rings (SSSR count). The van der Waals surface area contributed by atoms with Crippen LogP contribution in [0, 0.1) is 0 Å². The normalized spacial score (nSPS) is 11.3. The van der Waals surface area contributed by atoms with Crippen molar-refractivity contribution in [3.8, 4) is 11.6 Å². The predicted molar refractivity (Wildman–Crippen MR) is 109 cm³/mol. The molecule has 0 saturated heterocycles. The number of ether oxygens (including phenoxy) is 1. The van der Waals surface area contributed by atoms with Gasteiger partial charge in [-0.3, -0.25) is 0 Å². The number of aryl methyl sites for hydroxylation is 2. The maximum atomic E-state index is 11.2. The van der Waals surface area contributed by atoms with Crippen LogP contribution in [-0.4, -0.2) is 35.4 Å². The van der Waals surface area contributed by atoms with E-state index in [9.17, 15) is 8.42 Å². The molecule has 0 radical (unpaired) electrons. The minimum atomic E-state index is -3.58. The summed E-state index contributed by atoms with van der Waals surface area (Å²) >= 11 is 5.80. The Bertz CT molecular complexity index is 1080. The van der Waals surface area contributed by atoms with Gasteiger partial charge in [0.2, 0.25) is 21.9 Å². The number of aromatic nitrogens is 4. The third-order valence-corrected chi connectivity index (χ3v) is 4.70. The van der Waals surface area contributed by atoms with Gasteiger partial charge in [-0.15, -0.1) is 0 Å². The molecule has 0 spiro atoms. The number of primary sulfonamides is 1. The molecule has 0 saturated carbocycles. The average molecular weight is 435 g/mol. The van der Waals surface area contributed by atoms with Crippen LogP contribution >= 0.6 is 11.6 Å². The number of sulfonamides is 1. The number of hydrogen-bond acceptors (Lipinski definition) is 8. The van der Waals surface area contributed by atoms with Gasteiger partial charge in [0.05, 0.1) is 16.5 Å². The molecule has 3 N–H and O–H groups in total. The minimum Gasteiger partial charge on any atom is -0.439 e. The van der Waals surface area contributed by atoms with Crippen molar-refractivity contribution >= 4 is 27.6 Å². The van der Waals surface area contributed by atoms with E-state index in [1.54, 1.807) is 49.8 Å². The van der Waals surface area contributed by atoms with Gasteiger partial charge in [0.15, 0.2) is 0 Å². The van der Waals surface area contributed by atoms with E-state index in [1.807, 2.05) is 0 Å². The number of benzene rings is 1. The van der Waals surface area contributed by atoms with Crippen LogP contribution in [0.15, 0.2) is 42.7 Å². The Hall–Kier alpha value is -2.82. The van der Waals surface area contributed by atoms with Crippen molar-refractivity contribution in [3.05, 3.63) is 64.8 Å². The summed E-state index contributed by atoms with van der Waals surface area (Å²) in [5, 5.41) is 8.44. The Balaban J connectivity index is 1.71. The summed E-state index contributed by atoms with van der Waals surface area (Å²) in [4.78, 5) is 17.1. The Labute approximate surface area is 173 Å². The highest BCUT2D eigenvalue weighted by Gasteiger charge is 2.09. The Morgan fingerprint density at radius 3 is 2.41 bits per heavy atom. The van der Waals surface area contributed by atoms with E-state index >= 15 is 0 Å². The lowest BCUT2D eigenvalue weighted by molar-refractivity contribution is 0.461. The zero-order valence-corrected chi connectivity index (χ0v) is 17.1. The van der Waals surface area contributed by atoms with Crippen LogP contribution in [-0.2, 0) is 28.6 Å². The smallest absolute Gasteiger partial charge is 0.225 e. The fourth-order valence-electron chi connectivity index (χ4n) is 2.48. The summed E-state index contributed by atoms with van der Waals surface area (Å²) < 4.78 is 28.1. The molecule has 152 valence electrons. The quantitative estimate of drug-likeness (QED) is 0.551. The Morgan fingerprint density at radius 2 is 1.79 bits per heavy atom. The Kier molecular flexibility index (Phi) is 6.57. The highest BCUT2D eigenvalue weighted by molar-refractivity contribution is 7.88. The second kappa shape index (κ2) is 9.12. The first kappa shape index (κ1) is 20.9. The topological polar surface area (TPSA) is 133 Å².